The van der Waals surface area contributed by atoms with Crippen LogP contribution in [0.2, 0.25) is 0 Å². The van der Waals surface area contributed by atoms with Crippen molar-refractivity contribution in [2.24, 2.45) is 4.40 Å². The zero-order valence-electron chi connectivity index (χ0n) is 18.1. The summed E-state index contributed by atoms with van der Waals surface area (Å²) in [6.45, 7) is 9.29. The number of amides is 1. The Hall–Kier alpha value is -2.42. The van der Waals surface area contributed by atoms with Crippen LogP contribution in [0.1, 0.15) is 73.5 Å². The van der Waals surface area contributed by atoms with Gasteiger partial charge < -0.3 is 14.8 Å². The van der Waals surface area contributed by atoms with Gasteiger partial charge in [-0.1, -0.05) is 19.4 Å². The van der Waals surface area contributed by atoms with E-state index in [4.69, 9.17) is 9.47 Å². The molecule has 1 aromatic carbocycles. The highest BCUT2D eigenvalue weighted by atomic mass is 32.2. The van der Waals surface area contributed by atoms with E-state index in [9.17, 15) is 18.0 Å². The largest absolute Gasteiger partial charge is 0.457 e. The Morgan fingerprint density at radius 3 is 2.70 bits per heavy atom. The van der Waals surface area contributed by atoms with Gasteiger partial charge in [-0.3, -0.25) is 0 Å². The number of sulfonamides is 1. The summed E-state index contributed by atoms with van der Waals surface area (Å²) in [6, 6.07) is 3.40. The van der Waals surface area contributed by atoms with Crippen LogP contribution in [0.3, 0.4) is 0 Å². The van der Waals surface area contributed by atoms with Crippen molar-refractivity contribution in [1.29, 1.82) is 0 Å². The van der Waals surface area contributed by atoms with Crippen LogP contribution in [0.5, 0.6) is 0 Å². The number of alkyl carbamates (subject to hydrolysis) is 1. The molecule has 0 aromatic heterocycles. The molecular weight excluding hydrogens is 408 g/mol. The maximum absolute atomic E-state index is 12.2. The molecule has 1 aliphatic heterocycles. The van der Waals surface area contributed by atoms with E-state index in [0.717, 1.165) is 23.1 Å². The number of fused-ring (bicyclic) bond motifs is 1. The smallest absolute Gasteiger partial charge is 0.407 e. The molecule has 9 heteroatoms. The third-order valence-corrected chi connectivity index (χ3v) is 5.88. The zero-order chi connectivity index (χ0) is 22.5. The van der Waals surface area contributed by atoms with Crippen LogP contribution in [-0.4, -0.2) is 44.6 Å². The van der Waals surface area contributed by atoms with Gasteiger partial charge in [-0.15, -0.1) is 0 Å². The molecule has 1 atom stereocenters. The first kappa shape index (κ1) is 23.9. The monoisotopic (exact) mass is 438 g/mol. The number of carbonyl (C=O) groups is 2. The minimum Gasteiger partial charge on any atom is -0.457 e. The lowest BCUT2D eigenvalue weighted by molar-refractivity contribution is 0.0519. The number of nitrogens with zero attached hydrogens (tertiary/aromatic N) is 1. The second-order valence-corrected chi connectivity index (χ2v) is 10.0. The van der Waals surface area contributed by atoms with Crippen LogP contribution >= 0.6 is 0 Å². The van der Waals surface area contributed by atoms with E-state index in [2.05, 4.69) is 9.71 Å². The molecule has 30 heavy (non-hydrogen) atoms. The number of nitrogens with one attached hydrogen (secondary N) is 1. The third-order valence-electron chi connectivity index (χ3n) is 4.63. The SMILES string of the molecule is CCCCS(=O)(=O)N=CC(CNC(=O)OC(C)(C)C)c1ccc2c(c1C)COC2=O. The number of hydrogen-bond donors (Lipinski definition) is 1. The van der Waals surface area contributed by atoms with E-state index in [0.29, 0.717) is 12.0 Å². The fourth-order valence-corrected chi connectivity index (χ4v) is 4.16. The lowest BCUT2D eigenvalue weighted by atomic mass is 9.90. The second-order valence-electron chi connectivity index (χ2n) is 8.27. The molecule has 1 aromatic rings. The van der Waals surface area contributed by atoms with Gasteiger partial charge in [0.1, 0.15) is 12.2 Å². The molecule has 8 nitrogen and oxygen atoms in total. The van der Waals surface area contributed by atoms with Crippen LogP contribution in [0, 0.1) is 6.92 Å². The fraction of sp³-hybridized carbons (Fsp3) is 0.571. The van der Waals surface area contributed by atoms with Crippen molar-refractivity contribution in [3.8, 4) is 0 Å². The summed E-state index contributed by atoms with van der Waals surface area (Å²) in [7, 11) is -3.60. The van der Waals surface area contributed by atoms with Gasteiger partial charge in [-0.05, 0) is 51.3 Å². The van der Waals surface area contributed by atoms with Gasteiger partial charge in [0.2, 0.25) is 0 Å². The van der Waals surface area contributed by atoms with Gasteiger partial charge in [0.15, 0.2) is 0 Å². The summed E-state index contributed by atoms with van der Waals surface area (Å²) in [5, 5.41) is 2.68. The average molecular weight is 439 g/mol. The van der Waals surface area contributed by atoms with Crippen molar-refractivity contribution < 1.29 is 27.5 Å². The van der Waals surface area contributed by atoms with Gasteiger partial charge in [-0.2, -0.15) is 4.40 Å². The Morgan fingerprint density at radius 2 is 2.07 bits per heavy atom. The van der Waals surface area contributed by atoms with Crippen molar-refractivity contribution in [2.75, 3.05) is 12.3 Å². The Balaban J connectivity index is 2.30. The second kappa shape index (κ2) is 9.59. The van der Waals surface area contributed by atoms with Crippen molar-refractivity contribution >= 4 is 28.3 Å². The summed E-state index contributed by atoms with van der Waals surface area (Å²) in [4.78, 5) is 23.9. The summed E-state index contributed by atoms with van der Waals surface area (Å²) in [6.07, 6.45) is 2.01. The first-order valence-electron chi connectivity index (χ1n) is 9.98. The van der Waals surface area contributed by atoms with Gasteiger partial charge in [-0.25, -0.2) is 18.0 Å². The van der Waals surface area contributed by atoms with Crippen LogP contribution in [-0.2, 0) is 26.1 Å². The first-order valence-corrected chi connectivity index (χ1v) is 11.6. The van der Waals surface area contributed by atoms with Crippen molar-refractivity contribution in [2.45, 2.75) is 65.6 Å². The van der Waals surface area contributed by atoms with Crippen LogP contribution in [0.4, 0.5) is 4.79 Å². The molecule has 0 bridgehead atoms. The molecule has 0 fully saturated rings. The molecule has 0 radical (unpaired) electrons. The minimum atomic E-state index is -3.60. The van der Waals surface area contributed by atoms with Crippen molar-refractivity contribution in [3.63, 3.8) is 0 Å². The number of ether oxygens (including phenoxy) is 2. The molecule has 1 aliphatic rings. The Kier molecular flexibility index (Phi) is 7.63. The van der Waals surface area contributed by atoms with E-state index in [1.807, 2.05) is 13.8 Å². The maximum atomic E-state index is 12.2. The molecule has 166 valence electrons. The van der Waals surface area contributed by atoms with Crippen molar-refractivity contribution in [1.82, 2.24) is 5.32 Å². The third kappa shape index (κ3) is 6.55. The van der Waals surface area contributed by atoms with Crippen molar-refractivity contribution in [3.05, 3.63) is 34.4 Å². The molecule has 0 aliphatic carbocycles. The number of unbranched alkanes of at least 4 members (excludes halogenated alkanes) is 1. The summed E-state index contributed by atoms with van der Waals surface area (Å²) in [5.41, 5.74) is 2.19. The van der Waals surface area contributed by atoms with Crippen LogP contribution < -0.4 is 5.32 Å². The molecule has 1 amide bonds. The summed E-state index contributed by atoms with van der Waals surface area (Å²) in [5.74, 6) is -0.925. The van der Waals surface area contributed by atoms with E-state index < -0.39 is 27.6 Å². The van der Waals surface area contributed by atoms with E-state index >= 15 is 0 Å². The minimum absolute atomic E-state index is 0.0300. The predicted octanol–water partition coefficient (Wildman–Crippen LogP) is 3.47. The maximum Gasteiger partial charge on any atom is 0.407 e. The summed E-state index contributed by atoms with van der Waals surface area (Å²) < 4.78 is 38.6. The quantitative estimate of drug-likeness (QED) is 0.491. The molecule has 0 saturated carbocycles. The number of cyclic esters (lactones) is 1. The van der Waals surface area contributed by atoms with E-state index in [1.54, 1.807) is 32.9 Å². The van der Waals surface area contributed by atoms with Crippen LogP contribution in [0.25, 0.3) is 0 Å². The fourth-order valence-electron chi connectivity index (χ4n) is 3.07. The lowest BCUT2D eigenvalue weighted by Crippen LogP contribution is -2.35. The molecule has 1 N–H and O–H groups in total. The lowest BCUT2D eigenvalue weighted by Gasteiger charge is -2.22. The van der Waals surface area contributed by atoms with Gasteiger partial charge in [0.05, 0.1) is 11.3 Å². The Bertz CT molecular complexity index is 932. The normalized spacial score (nSPS) is 15.0. The molecule has 1 heterocycles. The highest BCUT2D eigenvalue weighted by Crippen LogP contribution is 2.29. The Labute approximate surface area is 178 Å². The van der Waals surface area contributed by atoms with Gasteiger partial charge in [0.25, 0.3) is 10.0 Å². The standard InChI is InChI=1S/C21H30N2O6S/c1-6-7-10-30(26,27)23-12-15(11-22-20(25)29-21(3,4)5)16-8-9-17-18(14(16)2)13-28-19(17)24/h8-9,12,15H,6-7,10-11,13H2,1-5H3,(H,22,25). The van der Waals surface area contributed by atoms with E-state index in [1.165, 1.54) is 6.21 Å². The van der Waals surface area contributed by atoms with E-state index in [-0.39, 0.29) is 24.9 Å². The number of rotatable bonds is 8. The first-order chi connectivity index (χ1) is 13.9. The predicted molar refractivity (Wildman–Crippen MR) is 114 cm³/mol. The number of carbonyl (C=O) groups excluding carboxylic acids is 2. The molecular formula is C21H30N2O6S. The molecule has 2 rings (SSSR count). The van der Waals surface area contributed by atoms with Gasteiger partial charge in [0, 0.05) is 24.2 Å². The average Bonchev–Trinajstić information content (AvgIpc) is 3.01. The number of hydrogen-bond acceptors (Lipinski definition) is 6. The number of benzene rings is 1. The molecule has 1 unspecified atom stereocenters. The zero-order valence-corrected chi connectivity index (χ0v) is 19.0. The summed E-state index contributed by atoms with van der Waals surface area (Å²) >= 11 is 0. The highest BCUT2D eigenvalue weighted by molar-refractivity contribution is 7.90. The topological polar surface area (TPSA) is 111 Å². The number of esters is 1. The van der Waals surface area contributed by atoms with Gasteiger partial charge >= 0.3 is 12.1 Å². The van der Waals surface area contributed by atoms with Crippen LogP contribution in [0.15, 0.2) is 16.5 Å². The molecule has 0 saturated heterocycles. The highest BCUT2D eigenvalue weighted by Gasteiger charge is 2.26. The molecule has 0 spiro atoms. The Morgan fingerprint density at radius 1 is 1.37 bits per heavy atom.